The second kappa shape index (κ2) is 5.56. The number of aromatic hydroxyl groups is 1. The summed E-state index contributed by atoms with van der Waals surface area (Å²) in [6, 6.07) is 6.08. The Morgan fingerprint density at radius 1 is 1.29 bits per heavy atom. The standard InChI is InChI=1S/C16H22N2O3/c1-17-11-6-7-12(17)10-18(9-8-11)16(20)13-4-3-5-14(21-2)15(13)19/h3-5,11-12,19H,6-10H2,1-2H3. The smallest absolute Gasteiger partial charge is 0.257 e. The van der Waals surface area contributed by atoms with Gasteiger partial charge in [-0.25, -0.2) is 0 Å². The molecule has 3 rings (SSSR count). The number of amides is 1. The van der Waals surface area contributed by atoms with Crippen LogP contribution in [0.25, 0.3) is 0 Å². The maximum absolute atomic E-state index is 12.7. The molecular weight excluding hydrogens is 268 g/mol. The molecule has 0 saturated carbocycles. The van der Waals surface area contributed by atoms with Crippen molar-refractivity contribution < 1.29 is 14.6 Å². The first kappa shape index (κ1) is 14.2. The van der Waals surface area contributed by atoms with Crippen molar-refractivity contribution in [3.8, 4) is 11.5 Å². The minimum atomic E-state index is -0.104. The topological polar surface area (TPSA) is 53.0 Å². The summed E-state index contributed by atoms with van der Waals surface area (Å²) in [5, 5.41) is 10.2. The van der Waals surface area contributed by atoms with E-state index in [9.17, 15) is 9.90 Å². The Balaban J connectivity index is 1.82. The molecule has 2 aliphatic heterocycles. The van der Waals surface area contributed by atoms with Crippen LogP contribution in [0.5, 0.6) is 11.5 Å². The summed E-state index contributed by atoms with van der Waals surface area (Å²) in [6.07, 6.45) is 3.38. The second-order valence-corrected chi connectivity index (χ2v) is 5.95. The molecule has 21 heavy (non-hydrogen) atoms. The normalized spacial score (nSPS) is 25.7. The van der Waals surface area contributed by atoms with Crippen LogP contribution in [-0.2, 0) is 0 Å². The largest absolute Gasteiger partial charge is 0.504 e. The molecule has 114 valence electrons. The molecular formula is C16H22N2O3. The average molecular weight is 290 g/mol. The van der Waals surface area contributed by atoms with Gasteiger partial charge in [0.1, 0.15) is 0 Å². The Bertz CT molecular complexity index is 546. The van der Waals surface area contributed by atoms with E-state index < -0.39 is 0 Å². The molecule has 5 nitrogen and oxygen atoms in total. The lowest BCUT2D eigenvalue weighted by Gasteiger charge is -2.26. The van der Waals surface area contributed by atoms with Crippen LogP contribution in [0.1, 0.15) is 29.6 Å². The molecule has 0 aromatic heterocycles. The number of nitrogens with zero attached hydrogens (tertiary/aromatic N) is 2. The Hall–Kier alpha value is -1.75. The fraction of sp³-hybridized carbons (Fsp3) is 0.562. The molecule has 1 amide bonds. The fourth-order valence-corrected chi connectivity index (χ4v) is 3.52. The van der Waals surface area contributed by atoms with Crippen LogP contribution in [0.4, 0.5) is 0 Å². The molecule has 2 saturated heterocycles. The summed E-state index contributed by atoms with van der Waals surface area (Å²) in [5.74, 6) is 0.175. The SMILES string of the molecule is COc1cccc(C(=O)N2CCC3CCC(C2)N3C)c1O. The lowest BCUT2D eigenvalue weighted by Crippen LogP contribution is -2.39. The van der Waals surface area contributed by atoms with Crippen LogP contribution in [0.15, 0.2) is 18.2 Å². The van der Waals surface area contributed by atoms with Crippen LogP contribution in [-0.4, -0.2) is 60.1 Å². The molecule has 1 N–H and O–H groups in total. The molecule has 0 aliphatic carbocycles. The third kappa shape index (κ3) is 2.46. The van der Waals surface area contributed by atoms with E-state index >= 15 is 0 Å². The molecule has 2 bridgehead atoms. The highest BCUT2D eigenvalue weighted by Gasteiger charge is 2.36. The van der Waals surface area contributed by atoms with Crippen molar-refractivity contribution in [2.24, 2.45) is 0 Å². The van der Waals surface area contributed by atoms with Gasteiger partial charge in [-0.15, -0.1) is 0 Å². The van der Waals surface area contributed by atoms with Crippen molar-refractivity contribution in [1.29, 1.82) is 0 Å². The van der Waals surface area contributed by atoms with Crippen molar-refractivity contribution in [3.05, 3.63) is 23.8 Å². The van der Waals surface area contributed by atoms with E-state index in [4.69, 9.17) is 4.74 Å². The summed E-state index contributed by atoms with van der Waals surface area (Å²) in [7, 11) is 3.64. The molecule has 2 heterocycles. The molecule has 2 fully saturated rings. The first-order valence-corrected chi connectivity index (χ1v) is 7.49. The van der Waals surface area contributed by atoms with Gasteiger partial charge in [0, 0.05) is 25.2 Å². The van der Waals surface area contributed by atoms with Gasteiger partial charge in [0.2, 0.25) is 0 Å². The van der Waals surface area contributed by atoms with E-state index in [-0.39, 0.29) is 11.7 Å². The Morgan fingerprint density at radius 3 is 2.81 bits per heavy atom. The van der Waals surface area contributed by atoms with Gasteiger partial charge in [0.15, 0.2) is 11.5 Å². The van der Waals surface area contributed by atoms with E-state index in [1.165, 1.54) is 13.5 Å². The number of rotatable bonds is 2. The summed E-state index contributed by atoms with van der Waals surface area (Å²) in [6.45, 7) is 1.49. The molecule has 1 aromatic rings. The zero-order chi connectivity index (χ0) is 15.0. The average Bonchev–Trinajstić information content (AvgIpc) is 2.72. The molecule has 5 heteroatoms. The molecule has 0 spiro atoms. The van der Waals surface area contributed by atoms with Crippen LogP contribution < -0.4 is 4.74 Å². The zero-order valence-electron chi connectivity index (χ0n) is 12.6. The highest BCUT2D eigenvalue weighted by Crippen LogP contribution is 2.33. The monoisotopic (exact) mass is 290 g/mol. The Kier molecular flexibility index (Phi) is 3.76. The van der Waals surface area contributed by atoms with Gasteiger partial charge in [-0.2, -0.15) is 0 Å². The highest BCUT2D eigenvalue weighted by atomic mass is 16.5. The van der Waals surface area contributed by atoms with Crippen LogP contribution in [0, 0.1) is 0 Å². The number of likely N-dealkylation sites (tertiary alicyclic amines) is 1. The van der Waals surface area contributed by atoms with Crippen molar-refractivity contribution >= 4 is 5.91 Å². The number of ether oxygens (including phenoxy) is 1. The quantitative estimate of drug-likeness (QED) is 0.901. The van der Waals surface area contributed by atoms with E-state index in [0.29, 0.717) is 23.4 Å². The fourth-order valence-electron chi connectivity index (χ4n) is 3.52. The zero-order valence-corrected chi connectivity index (χ0v) is 12.6. The number of carbonyl (C=O) groups excluding carboxylic acids is 1. The van der Waals surface area contributed by atoms with Gasteiger partial charge >= 0.3 is 0 Å². The predicted molar refractivity (Wildman–Crippen MR) is 79.8 cm³/mol. The summed E-state index contributed by atoms with van der Waals surface area (Å²) < 4.78 is 5.09. The van der Waals surface area contributed by atoms with Crippen LogP contribution in [0.3, 0.4) is 0 Å². The van der Waals surface area contributed by atoms with Gasteiger partial charge in [-0.05, 0) is 38.4 Å². The third-order valence-corrected chi connectivity index (χ3v) is 4.88. The first-order chi connectivity index (χ1) is 10.1. The van der Waals surface area contributed by atoms with Gasteiger partial charge < -0.3 is 14.7 Å². The highest BCUT2D eigenvalue weighted by molar-refractivity contribution is 5.97. The van der Waals surface area contributed by atoms with Crippen molar-refractivity contribution in [2.45, 2.75) is 31.3 Å². The first-order valence-electron chi connectivity index (χ1n) is 7.49. The third-order valence-electron chi connectivity index (χ3n) is 4.88. The van der Waals surface area contributed by atoms with E-state index in [1.54, 1.807) is 18.2 Å². The number of benzene rings is 1. The maximum atomic E-state index is 12.7. The molecule has 2 unspecified atom stereocenters. The van der Waals surface area contributed by atoms with Crippen molar-refractivity contribution in [1.82, 2.24) is 9.80 Å². The van der Waals surface area contributed by atoms with E-state index in [1.807, 2.05) is 4.90 Å². The number of fused-ring (bicyclic) bond motifs is 2. The van der Waals surface area contributed by atoms with Gasteiger partial charge in [0.05, 0.1) is 12.7 Å². The van der Waals surface area contributed by atoms with Crippen LogP contribution in [0.2, 0.25) is 0 Å². The van der Waals surface area contributed by atoms with Gasteiger partial charge in [0.25, 0.3) is 5.91 Å². The minimum Gasteiger partial charge on any atom is -0.504 e. The molecule has 0 radical (unpaired) electrons. The minimum absolute atomic E-state index is 0.0623. The second-order valence-electron chi connectivity index (χ2n) is 5.95. The molecule has 2 aliphatic rings. The van der Waals surface area contributed by atoms with Gasteiger partial charge in [-0.3, -0.25) is 9.69 Å². The Morgan fingerprint density at radius 2 is 2.05 bits per heavy atom. The molecule has 2 atom stereocenters. The number of phenols is 1. The lowest BCUT2D eigenvalue weighted by atomic mass is 10.1. The van der Waals surface area contributed by atoms with Crippen LogP contribution >= 0.6 is 0 Å². The number of phenolic OH excluding ortho intramolecular Hbond substituents is 1. The van der Waals surface area contributed by atoms with Crippen molar-refractivity contribution in [3.63, 3.8) is 0 Å². The van der Waals surface area contributed by atoms with Crippen molar-refractivity contribution in [2.75, 3.05) is 27.2 Å². The Labute approximate surface area is 125 Å². The lowest BCUT2D eigenvalue weighted by molar-refractivity contribution is 0.0736. The van der Waals surface area contributed by atoms with Gasteiger partial charge in [-0.1, -0.05) is 6.07 Å². The number of hydrogen-bond donors (Lipinski definition) is 1. The number of likely N-dealkylation sites (N-methyl/N-ethyl adjacent to an activating group) is 1. The maximum Gasteiger partial charge on any atom is 0.257 e. The summed E-state index contributed by atoms with van der Waals surface area (Å²) in [4.78, 5) is 17.0. The molecule has 1 aromatic carbocycles. The number of para-hydroxylation sites is 1. The van der Waals surface area contributed by atoms with E-state index in [0.717, 1.165) is 25.9 Å². The number of methoxy groups -OCH3 is 1. The number of carbonyl (C=O) groups is 1. The summed E-state index contributed by atoms with van der Waals surface area (Å²) >= 11 is 0. The van der Waals surface area contributed by atoms with E-state index in [2.05, 4.69) is 11.9 Å². The summed E-state index contributed by atoms with van der Waals surface area (Å²) in [5.41, 5.74) is 0.328. The number of hydrogen-bond acceptors (Lipinski definition) is 4. The predicted octanol–water partition coefficient (Wildman–Crippen LogP) is 1.71.